The number of hydrogen-bond donors (Lipinski definition) is 2. The molecular weight excluding hydrogens is 198 g/mol. The third kappa shape index (κ3) is 2.81. The molecule has 0 bridgehead atoms. The first-order valence-electron chi connectivity index (χ1n) is 4.80. The Balaban J connectivity index is 2.87. The average molecular weight is 213 g/mol. The fourth-order valence-electron chi connectivity index (χ4n) is 1.32. The summed E-state index contributed by atoms with van der Waals surface area (Å²) in [6, 6.07) is 1.29. The van der Waals surface area contributed by atoms with Crippen molar-refractivity contribution in [1.29, 1.82) is 0 Å². The van der Waals surface area contributed by atoms with Gasteiger partial charge in [0.2, 0.25) is 5.43 Å². The summed E-state index contributed by atoms with van der Waals surface area (Å²) in [6.45, 7) is 2.25. The van der Waals surface area contributed by atoms with E-state index in [1.165, 1.54) is 6.07 Å². The van der Waals surface area contributed by atoms with E-state index in [-0.39, 0.29) is 31.1 Å². The first kappa shape index (κ1) is 11.7. The standard InChI is InChI=1S/C10H15NO4/c1-2-8-10(14)9(13)3-4-11(8)7-15-6-5-12/h3-4,12,14H,2,5-7H2,1H3. The molecule has 0 spiro atoms. The Morgan fingerprint density at radius 2 is 2.27 bits per heavy atom. The first-order valence-corrected chi connectivity index (χ1v) is 4.80. The predicted molar refractivity (Wildman–Crippen MR) is 54.8 cm³/mol. The highest BCUT2D eigenvalue weighted by Crippen LogP contribution is 2.11. The van der Waals surface area contributed by atoms with E-state index in [2.05, 4.69) is 0 Å². The number of aromatic nitrogens is 1. The highest BCUT2D eigenvalue weighted by Gasteiger charge is 2.07. The topological polar surface area (TPSA) is 71.7 Å². The van der Waals surface area contributed by atoms with Crippen LogP contribution in [0.4, 0.5) is 0 Å². The molecule has 0 aromatic carbocycles. The minimum atomic E-state index is -0.384. The van der Waals surface area contributed by atoms with Gasteiger partial charge < -0.3 is 19.5 Å². The molecular formula is C10H15NO4. The summed E-state index contributed by atoms with van der Waals surface area (Å²) in [5, 5.41) is 18.0. The lowest BCUT2D eigenvalue weighted by molar-refractivity contribution is 0.0462. The van der Waals surface area contributed by atoms with Crippen molar-refractivity contribution in [2.24, 2.45) is 0 Å². The maximum absolute atomic E-state index is 11.1. The second-order valence-electron chi connectivity index (χ2n) is 3.06. The van der Waals surface area contributed by atoms with Crippen LogP contribution in [0.2, 0.25) is 0 Å². The lowest BCUT2D eigenvalue weighted by Crippen LogP contribution is -2.14. The van der Waals surface area contributed by atoms with Gasteiger partial charge in [-0.15, -0.1) is 0 Å². The highest BCUT2D eigenvalue weighted by molar-refractivity contribution is 5.26. The number of aromatic hydroxyl groups is 1. The van der Waals surface area contributed by atoms with E-state index in [9.17, 15) is 9.90 Å². The average Bonchev–Trinajstić information content (AvgIpc) is 2.24. The van der Waals surface area contributed by atoms with Gasteiger partial charge in [-0.3, -0.25) is 4.79 Å². The summed E-state index contributed by atoms with van der Waals surface area (Å²) < 4.78 is 6.75. The van der Waals surface area contributed by atoms with E-state index >= 15 is 0 Å². The van der Waals surface area contributed by atoms with Crippen LogP contribution in [0.25, 0.3) is 0 Å². The normalized spacial score (nSPS) is 10.5. The van der Waals surface area contributed by atoms with Crippen molar-refractivity contribution < 1.29 is 14.9 Å². The Kier molecular flexibility index (Phi) is 4.33. The number of pyridine rings is 1. The summed E-state index contributed by atoms with van der Waals surface area (Å²) in [5.41, 5.74) is 0.158. The molecule has 1 heterocycles. The predicted octanol–water partition coefficient (Wildman–Crippen LogP) is 0.0827. The number of aliphatic hydroxyl groups excluding tert-OH is 1. The molecule has 0 atom stereocenters. The lowest BCUT2D eigenvalue weighted by Gasteiger charge is -2.13. The molecule has 5 heteroatoms. The van der Waals surface area contributed by atoms with Gasteiger partial charge in [-0.2, -0.15) is 0 Å². The van der Waals surface area contributed by atoms with Gasteiger partial charge in [0.25, 0.3) is 0 Å². The van der Waals surface area contributed by atoms with Gasteiger partial charge >= 0.3 is 0 Å². The molecule has 0 aliphatic carbocycles. The minimum absolute atomic E-state index is 0.0480. The third-order valence-electron chi connectivity index (χ3n) is 2.06. The van der Waals surface area contributed by atoms with Crippen LogP contribution in [-0.2, 0) is 17.9 Å². The summed E-state index contributed by atoms with van der Waals surface area (Å²) in [5.74, 6) is -0.229. The van der Waals surface area contributed by atoms with E-state index in [1.807, 2.05) is 6.92 Å². The molecule has 0 fully saturated rings. The maximum atomic E-state index is 11.1. The third-order valence-corrected chi connectivity index (χ3v) is 2.06. The smallest absolute Gasteiger partial charge is 0.223 e. The fourth-order valence-corrected chi connectivity index (χ4v) is 1.32. The molecule has 0 amide bonds. The number of ether oxygens (including phenoxy) is 1. The molecule has 0 aliphatic rings. The van der Waals surface area contributed by atoms with Crippen LogP contribution in [0.15, 0.2) is 17.1 Å². The summed E-state index contributed by atoms with van der Waals surface area (Å²) in [7, 11) is 0. The van der Waals surface area contributed by atoms with E-state index in [0.717, 1.165) is 0 Å². The van der Waals surface area contributed by atoms with Crippen LogP contribution < -0.4 is 5.43 Å². The van der Waals surface area contributed by atoms with E-state index in [1.54, 1.807) is 10.8 Å². The molecule has 0 saturated heterocycles. The number of hydrogen-bond acceptors (Lipinski definition) is 4. The van der Waals surface area contributed by atoms with Crippen LogP contribution in [0.3, 0.4) is 0 Å². The van der Waals surface area contributed by atoms with Crippen LogP contribution >= 0.6 is 0 Å². The highest BCUT2D eigenvalue weighted by atomic mass is 16.5. The summed E-state index contributed by atoms with van der Waals surface area (Å²) >= 11 is 0. The molecule has 2 N–H and O–H groups in total. The second-order valence-corrected chi connectivity index (χ2v) is 3.06. The Morgan fingerprint density at radius 1 is 1.53 bits per heavy atom. The van der Waals surface area contributed by atoms with Crippen LogP contribution in [-0.4, -0.2) is 28.0 Å². The Hall–Kier alpha value is -1.33. The van der Waals surface area contributed by atoms with Crippen molar-refractivity contribution in [3.63, 3.8) is 0 Å². The van der Waals surface area contributed by atoms with Gasteiger partial charge in [-0.05, 0) is 6.42 Å². The van der Waals surface area contributed by atoms with Crippen molar-refractivity contribution in [3.05, 3.63) is 28.2 Å². The summed E-state index contributed by atoms with van der Waals surface area (Å²) in [4.78, 5) is 11.1. The first-order chi connectivity index (χ1) is 7.20. The SMILES string of the molecule is CCc1c(O)c(=O)ccn1COCCO. The Bertz CT molecular complexity index is 372. The van der Waals surface area contributed by atoms with Crippen molar-refractivity contribution in [2.45, 2.75) is 20.1 Å². The number of aliphatic hydroxyl groups is 1. The summed E-state index contributed by atoms with van der Waals surface area (Å²) in [6.07, 6.45) is 2.11. The number of nitrogens with zero attached hydrogens (tertiary/aromatic N) is 1. The molecule has 1 rings (SSSR count). The van der Waals surface area contributed by atoms with Gasteiger partial charge in [0.15, 0.2) is 5.75 Å². The molecule has 1 aromatic rings. The van der Waals surface area contributed by atoms with Gasteiger partial charge in [-0.1, -0.05) is 6.92 Å². The van der Waals surface area contributed by atoms with Crippen molar-refractivity contribution in [3.8, 4) is 5.75 Å². The Labute approximate surface area is 87.5 Å². The van der Waals surface area contributed by atoms with Crippen molar-refractivity contribution >= 4 is 0 Å². The van der Waals surface area contributed by atoms with E-state index in [4.69, 9.17) is 9.84 Å². The fraction of sp³-hybridized carbons (Fsp3) is 0.500. The molecule has 0 aliphatic heterocycles. The molecule has 0 saturated carbocycles. The van der Waals surface area contributed by atoms with Crippen LogP contribution in [0, 0.1) is 0 Å². The van der Waals surface area contributed by atoms with Gasteiger partial charge in [0, 0.05) is 12.3 Å². The maximum Gasteiger partial charge on any atom is 0.223 e. The van der Waals surface area contributed by atoms with Crippen LogP contribution in [0.5, 0.6) is 5.75 Å². The zero-order chi connectivity index (χ0) is 11.3. The molecule has 0 unspecified atom stereocenters. The lowest BCUT2D eigenvalue weighted by atomic mass is 10.2. The zero-order valence-electron chi connectivity index (χ0n) is 8.64. The molecule has 84 valence electrons. The van der Waals surface area contributed by atoms with Gasteiger partial charge in [-0.25, -0.2) is 0 Å². The molecule has 5 nitrogen and oxygen atoms in total. The second kappa shape index (κ2) is 5.53. The van der Waals surface area contributed by atoms with Gasteiger partial charge in [0.1, 0.15) is 6.73 Å². The molecule has 15 heavy (non-hydrogen) atoms. The zero-order valence-corrected chi connectivity index (χ0v) is 8.64. The molecule has 0 radical (unpaired) electrons. The van der Waals surface area contributed by atoms with Crippen molar-refractivity contribution in [2.75, 3.05) is 13.2 Å². The monoisotopic (exact) mass is 213 g/mol. The van der Waals surface area contributed by atoms with E-state index in [0.29, 0.717) is 12.1 Å². The van der Waals surface area contributed by atoms with Crippen molar-refractivity contribution in [1.82, 2.24) is 4.57 Å². The number of rotatable bonds is 5. The quantitative estimate of drug-likeness (QED) is 0.680. The van der Waals surface area contributed by atoms with E-state index < -0.39 is 0 Å². The minimum Gasteiger partial charge on any atom is -0.503 e. The molecule has 1 aromatic heterocycles. The Morgan fingerprint density at radius 3 is 2.87 bits per heavy atom. The van der Waals surface area contributed by atoms with Gasteiger partial charge in [0.05, 0.1) is 18.9 Å². The largest absolute Gasteiger partial charge is 0.503 e. The van der Waals surface area contributed by atoms with Crippen LogP contribution in [0.1, 0.15) is 12.6 Å².